The first-order valence-corrected chi connectivity index (χ1v) is 11.7. The Morgan fingerprint density at radius 3 is 2.11 bits per heavy atom. The number of benzene rings is 2. The maximum Gasteiger partial charge on any atom is 0.243 e. The van der Waals surface area contributed by atoms with Crippen LogP contribution in [-0.2, 0) is 20.0 Å². The maximum absolute atomic E-state index is 12.6. The highest BCUT2D eigenvalue weighted by molar-refractivity contribution is 7.89. The van der Waals surface area contributed by atoms with Crippen LogP contribution >= 0.6 is 0 Å². The summed E-state index contributed by atoms with van der Waals surface area (Å²) in [5.74, 6) is 0. The molecule has 0 aromatic heterocycles. The van der Waals surface area contributed by atoms with Crippen molar-refractivity contribution < 1.29 is 16.8 Å². The first-order chi connectivity index (χ1) is 13.2. The second kappa shape index (κ2) is 8.84. The molecular formula is C19H23N3O4S2. The highest BCUT2D eigenvalue weighted by Gasteiger charge is 2.24. The minimum absolute atomic E-state index is 0.0582. The van der Waals surface area contributed by atoms with Crippen LogP contribution in [-0.4, -0.2) is 34.2 Å². The Balaban J connectivity index is 2.26. The van der Waals surface area contributed by atoms with E-state index < -0.39 is 26.1 Å². The summed E-state index contributed by atoms with van der Waals surface area (Å²) in [6.07, 6.45) is 0. The molecule has 0 aliphatic rings. The predicted molar refractivity (Wildman–Crippen MR) is 106 cm³/mol. The summed E-state index contributed by atoms with van der Waals surface area (Å²) in [4.78, 5) is 0.0647. The van der Waals surface area contributed by atoms with E-state index in [1.165, 1.54) is 28.6 Å². The molecule has 1 N–H and O–H groups in total. The number of nitrogens with zero attached hydrogens (tertiary/aromatic N) is 2. The zero-order chi connectivity index (χ0) is 20.9. The van der Waals surface area contributed by atoms with Gasteiger partial charge in [-0.2, -0.15) is 9.57 Å². The molecular weight excluding hydrogens is 398 g/mol. The predicted octanol–water partition coefficient (Wildman–Crippen LogP) is 2.63. The fourth-order valence-corrected chi connectivity index (χ4v) is 5.65. The fourth-order valence-electron chi connectivity index (χ4n) is 2.80. The third kappa shape index (κ3) is 4.59. The average Bonchev–Trinajstić information content (AvgIpc) is 2.68. The smallest absolute Gasteiger partial charge is 0.207 e. The van der Waals surface area contributed by atoms with Crippen molar-refractivity contribution in [3.05, 3.63) is 59.7 Å². The van der Waals surface area contributed by atoms with Gasteiger partial charge in [0.25, 0.3) is 0 Å². The number of hydrogen-bond donors (Lipinski definition) is 1. The van der Waals surface area contributed by atoms with Gasteiger partial charge in [0.05, 0.1) is 15.4 Å². The quantitative estimate of drug-likeness (QED) is 0.705. The van der Waals surface area contributed by atoms with Crippen molar-refractivity contribution in [3.8, 4) is 6.07 Å². The molecule has 0 heterocycles. The molecule has 0 aliphatic carbocycles. The van der Waals surface area contributed by atoms with E-state index in [1.807, 2.05) is 6.07 Å². The van der Waals surface area contributed by atoms with Crippen molar-refractivity contribution in [1.82, 2.24) is 9.03 Å². The average molecular weight is 422 g/mol. The number of hydrogen-bond acceptors (Lipinski definition) is 5. The van der Waals surface area contributed by atoms with E-state index in [1.54, 1.807) is 45.0 Å². The standard InChI is InChI=1S/C19H23N3O4S2/c1-4-22(5-2)28(25,26)18-12-10-16(11-13-18)15(3)21-27(23,24)19-9-7-6-8-17(19)14-20/h6-13,15,21H,4-5H2,1-3H3/t15-/m0/s1. The van der Waals surface area contributed by atoms with Crippen molar-refractivity contribution >= 4 is 20.0 Å². The van der Waals surface area contributed by atoms with Crippen LogP contribution in [0, 0.1) is 11.3 Å². The van der Waals surface area contributed by atoms with E-state index in [0.29, 0.717) is 18.7 Å². The molecule has 0 radical (unpaired) electrons. The van der Waals surface area contributed by atoms with Gasteiger partial charge in [0, 0.05) is 19.1 Å². The molecule has 7 nitrogen and oxygen atoms in total. The van der Waals surface area contributed by atoms with Crippen molar-refractivity contribution in [2.45, 2.75) is 36.6 Å². The van der Waals surface area contributed by atoms with Crippen LogP contribution in [0.1, 0.15) is 37.9 Å². The number of nitriles is 1. The maximum atomic E-state index is 12.6. The molecule has 0 saturated heterocycles. The lowest BCUT2D eigenvalue weighted by Gasteiger charge is -2.19. The number of nitrogens with one attached hydrogen (secondary N) is 1. The number of rotatable bonds is 8. The normalized spacial score (nSPS) is 13.2. The summed E-state index contributed by atoms with van der Waals surface area (Å²) in [7, 11) is -7.48. The van der Waals surface area contributed by atoms with E-state index >= 15 is 0 Å². The summed E-state index contributed by atoms with van der Waals surface area (Å²) in [6.45, 7) is 5.93. The lowest BCUT2D eigenvalue weighted by Crippen LogP contribution is -2.30. The zero-order valence-electron chi connectivity index (χ0n) is 16.0. The van der Waals surface area contributed by atoms with Gasteiger partial charge in [0.15, 0.2) is 0 Å². The molecule has 28 heavy (non-hydrogen) atoms. The molecule has 0 unspecified atom stereocenters. The van der Waals surface area contributed by atoms with Crippen molar-refractivity contribution in [3.63, 3.8) is 0 Å². The molecule has 0 spiro atoms. The second-order valence-corrected chi connectivity index (χ2v) is 9.73. The van der Waals surface area contributed by atoms with E-state index in [4.69, 9.17) is 5.26 Å². The molecule has 2 aromatic carbocycles. The molecule has 1 atom stereocenters. The van der Waals surface area contributed by atoms with Crippen LogP contribution in [0.25, 0.3) is 0 Å². The minimum Gasteiger partial charge on any atom is -0.207 e. The molecule has 150 valence electrons. The van der Waals surface area contributed by atoms with E-state index in [0.717, 1.165) is 0 Å². The summed E-state index contributed by atoms with van der Waals surface area (Å²) in [6, 6.07) is 13.3. The minimum atomic E-state index is -3.91. The van der Waals surface area contributed by atoms with Gasteiger partial charge in [-0.25, -0.2) is 21.6 Å². The second-order valence-electron chi connectivity index (χ2n) is 6.11. The Labute approximate surface area is 166 Å². The Morgan fingerprint density at radius 1 is 1.00 bits per heavy atom. The summed E-state index contributed by atoms with van der Waals surface area (Å²) >= 11 is 0. The third-order valence-electron chi connectivity index (χ3n) is 4.35. The van der Waals surface area contributed by atoms with E-state index in [-0.39, 0.29) is 15.4 Å². The van der Waals surface area contributed by atoms with Crippen molar-refractivity contribution in [1.29, 1.82) is 5.26 Å². The summed E-state index contributed by atoms with van der Waals surface area (Å²) in [5, 5.41) is 9.12. The van der Waals surface area contributed by atoms with Gasteiger partial charge in [0.1, 0.15) is 6.07 Å². The monoisotopic (exact) mass is 421 g/mol. The summed E-state index contributed by atoms with van der Waals surface area (Å²) < 4.78 is 54.2. The van der Waals surface area contributed by atoms with Gasteiger partial charge >= 0.3 is 0 Å². The summed E-state index contributed by atoms with van der Waals surface area (Å²) in [5.41, 5.74) is 0.666. The van der Waals surface area contributed by atoms with Crippen LogP contribution < -0.4 is 4.72 Å². The van der Waals surface area contributed by atoms with Crippen LogP contribution in [0.15, 0.2) is 58.3 Å². The lowest BCUT2D eigenvalue weighted by atomic mass is 10.1. The van der Waals surface area contributed by atoms with Crippen LogP contribution in [0.5, 0.6) is 0 Å². The van der Waals surface area contributed by atoms with Gasteiger partial charge in [-0.15, -0.1) is 0 Å². The molecule has 0 fully saturated rings. The molecule has 2 aromatic rings. The molecule has 0 amide bonds. The van der Waals surface area contributed by atoms with Crippen molar-refractivity contribution in [2.75, 3.05) is 13.1 Å². The largest absolute Gasteiger partial charge is 0.243 e. The number of sulfonamides is 2. The lowest BCUT2D eigenvalue weighted by molar-refractivity contribution is 0.445. The Hall–Kier alpha value is -2.25. The van der Waals surface area contributed by atoms with Gasteiger partial charge < -0.3 is 0 Å². The SMILES string of the molecule is CCN(CC)S(=O)(=O)c1ccc([C@H](C)NS(=O)(=O)c2ccccc2C#N)cc1. The van der Waals surface area contributed by atoms with E-state index in [2.05, 4.69) is 4.72 Å². The van der Waals surface area contributed by atoms with Gasteiger partial charge in [-0.05, 0) is 36.8 Å². The fraction of sp³-hybridized carbons (Fsp3) is 0.316. The first kappa shape index (κ1) is 22.0. The molecule has 0 aliphatic heterocycles. The zero-order valence-corrected chi connectivity index (χ0v) is 17.6. The molecule has 9 heteroatoms. The van der Waals surface area contributed by atoms with Gasteiger partial charge in [-0.3, -0.25) is 0 Å². The topological polar surface area (TPSA) is 107 Å². The van der Waals surface area contributed by atoms with E-state index in [9.17, 15) is 16.8 Å². The molecule has 2 rings (SSSR count). The Morgan fingerprint density at radius 2 is 1.57 bits per heavy atom. The van der Waals surface area contributed by atoms with Gasteiger partial charge in [-0.1, -0.05) is 38.1 Å². The molecule has 0 bridgehead atoms. The highest BCUT2D eigenvalue weighted by Crippen LogP contribution is 2.22. The molecule has 0 saturated carbocycles. The first-order valence-electron chi connectivity index (χ1n) is 8.79. The highest BCUT2D eigenvalue weighted by atomic mass is 32.2. The van der Waals surface area contributed by atoms with Crippen LogP contribution in [0.4, 0.5) is 0 Å². The van der Waals surface area contributed by atoms with Crippen LogP contribution in [0.3, 0.4) is 0 Å². The van der Waals surface area contributed by atoms with Gasteiger partial charge in [0.2, 0.25) is 20.0 Å². The Kier molecular flexibility index (Phi) is 6.96. The van der Waals surface area contributed by atoms with Crippen LogP contribution in [0.2, 0.25) is 0 Å². The Bertz CT molecular complexity index is 1070. The van der Waals surface area contributed by atoms with Crippen molar-refractivity contribution in [2.24, 2.45) is 0 Å². The third-order valence-corrected chi connectivity index (χ3v) is 8.02.